The number of carbonyl (C=O) groups is 1. The van der Waals surface area contributed by atoms with Crippen molar-refractivity contribution in [2.75, 3.05) is 6.61 Å². The van der Waals surface area contributed by atoms with E-state index in [1.807, 2.05) is 0 Å². The van der Waals surface area contributed by atoms with E-state index in [1.54, 1.807) is 36.4 Å². The van der Waals surface area contributed by atoms with Crippen LogP contribution in [0.5, 0.6) is 0 Å². The molecular formula is C18H18BrFO2. The Morgan fingerprint density at radius 3 is 2.41 bits per heavy atom. The van der Waals surface area contributed by atoms with E-state index in [2.05, 4.69) is 15.9 Å². The molecule has 116 valence electrons. The summed E-state index contributed by atoms with van der Waals surface area (Å²) in [5.74, 6) is -0.210. The van der Waals surface area contributed by atoms with Crippen LogP contribution >= 0.6 is 15.9 Å². The van der Waals surface area contributed by atoms with Gasteiger partial charge in [0.05, 0.1) is 0 Å². The quantitative estimate of drug-likeness (QED) is 0.554. The first-order valence-corrected chi connectivity index (χ1v) is 8.10. The summed E-state index contributed by atoms with van der Waals surface area (Å²) in [5, 5.41) is 8.71. The number of ketones is 1. The maximum Gasteiger partial charge on any atom is 0.162 e. The van der Waals surface area contributed by atoms with Crippen LogP contribution in [-0.2, 0) is 0 Å². The second kappa shape index (κ2) is 8.20. The van der Waals surface area contributed by atoms with Gasteiger partial charge in [0.15, 0.2) is 5.78 Å². The molecule has 0 aliphatic carbocycles. The zero-order chi connectivity index (χ0) is 15.9. The second-order valence-electron chi connectivity index (χ2n) is 5.16. The van der Waals surface area contributed by atoms with E-state index < -0.39 is 0 Å². The zero-order valence-electron chi connectivity index (χ0n) is 12.2. The van der Waals surface area contributed by atoms with Gasteiger partial charge in [-0.15, -0.1) is 0 Å². The Bertz CT molecular complexity index is 638. The van der Waals surface area contributed by atoms with Gasteiger partial charge in [-0.2, -0.15) is 0 Å². The average Bonchev–Trinajstić information content (AvgIpc) is 2.52. The number of carbonyl (C=O) groups excluding carboxylic acids is 1. The van der Waals surface area contributed by atoms with Crippen LogP contribution < -0.4 is 0 Å². The smallest absolute Gasteiger partial charge is 0.162 e. The van der Waals surface area contributed by atoms with Gasteiger partial charge in [0, 0.05) is 28.6 Å². The van der Waals surface area contributed by atoms with Crippen LogP contribution in [0.2, 0.25) is 0 Å². The van der Waals surface area contributed by atoms with Crippen molar-refractivity contribution in [1.29, 1.82) is 0 Å². The highest BCUT2D eigenvalue weighted by molar-refractivity contribution is 9.10. The summed E-state index contributed by atoms with van der Waals surface area (Å²) < 4.78 is 14.6. The molecule has 0 unspecified atom stereocenters. The lowest BCUT2D eigenvalue weighted by Gasteiger charge is -2.06. The minimum absolute atomic E-state index is 0.0840. The standard InChI is InChI=1S/C18H18BrFO2/c19-15-9-10-16(17(20)12-15)13-5-7-14(8-6-13)18(22)4-2-1-3-11-21/h5-10,12,21H,1-4,11H2. The fourth-order valence-electron chi connectivity index (χ4n) is 2.28. The van der Waals surface area contributed by atoms with Crippen molar-refractivity contribution in [2.24, 2.45) is 0 Å². The van der Waals surface area contributed by atoms with Gasteiger partial charge >= 0.3 is 0 Å². The molecular weight excluding hydrogens is 347 g/mol. The maximum atomic E-state index is 13.9. The van der Waals surface area contributed by atoms with Gasteiger partial charge in [-0.1, -0.05) is 52.7 Å². The molecule has 0 aliphatic heterocycles. The number of aliphatic hydroxyl groups excluding tert-OH is 1. The fourth-order valence-corrected chi connectivity index (χ4v) is 2.61. The molecule has 4 heteroatoms. The van der Waals surface area contributed by atoms with Gasteiger partial charge in [0.2, 0.25) is 0 Å². The highest BCUT2D eigenvalue weighted by Crippen LogP contribution is 2.26. The van der Waals surface area contributed by atoms with Crippen molar-refractivity contribution in [3.63, 3.8) is 0 Å². The van der Waals surface area contributed by atoms with Crippen molar-refractivity contribution in [2.45, 2.75) is 25.7 Å². The Labute approximate surface area is 138 Å². The number of halogens is 2. The van der Waals surface area contributed by atoms with Crippen molar-refractivity contribution < 1.29 is 14.3 Å². The van der Waals surface area contributed by atoms with Gasteiger partial charge in [-0.25, -0.2) is 4.39 Å². The molecule has 0 atom stereocenters. The number of hydrogen-bond acceptors (Lipinski definition) is 2. The highest BCUT2D eigenvalue weighted by atomic mass is 79.9. The number of Topliss-reactive ketones (excluding diaryl/α,β-unsaturated/α-hetero) is 1. The molecule has 2 rings (SSSR count). The lowest BCUT2D eigenvalue weighted by atomic mass is 10.00. The topological polar surface area (TPSA) is 37.3 Å². The van der Waals surface area contributed by atoms with Crippen molar-refractivity contribution in [3.8, 4) is 11.1 Å². The molecule has 0 saturated heterocycles. The summed E-state index contributed by atoms with van der Waals surface area (Å²) >= 11 is 3.23. The molecule has 0 radical (unpaired) electrons. The van der Waals surface area contributed by atoms with Crippen LogP contribution in [0.1, 0.15) is 36.0 Å². The van der Waals surface area contributed by atoms with E-state index in [0.717, 1.165) is 24.8 Å². The van der Waals surface area contributed by atoms with Crippen LogP contribution in [0.4, 0.5) is 4.39 Å². The number of aliphatic hydroxyl groups is 1. The SMILES string of the molecule is O=C(CCCCCO)c1ccc(-c2ccc(Br)cc2F)cc1. The maximum absolute atomic E-state index is 13.9. The van der Waals surface area contributed by atoms with Gasteiger partial charge < -0.3 is 5.11 Å². The second-order valence-corrected chi connectivity index (χ2v) is 6.07. The minimum Gasteiger partial charge on any atom is -0.396 e. The molecule has 0 amide bonds. The lowest BCUT2D eigenvalue weighted by Crippen LogP contribution is -1.99. The predicted octanol–water partition coefficient (Wildman–Crippen LogP) is 4.99. The molecule has 2 aromatic rings. The largest absolute Gasteiger partial charge is 0.396 e. The molecule has 0 fully saturated rings. The van der Waals surface area contributed by atoms with Gasteiger partial charge in [0.25, 0.3) is 0 Å². The Kier molecular flexibility index (Phi) is 6.28. The molecule has 0 aromatic heterocycles. The van der Waals surface area contributed by atoms with E-state index in [4.69, 9.17) is 5.11 Å². The van der Waals surface area contributed by atoms with Crippen molar-refractivity contribution >= 4 is 21.7 Å². The number of benzene rings is 2. The molecule has 2 aromatic carbocycles. The molecule has 0 saturated carbocycles. The fraction of sp³-hybridized carbons (Fsp3) is 0.278. The highest BCUT2D eigenvalue weighted by Gasteiger charge is 2.08. The van der Waals surface area contributed by atoms with Gasteiger partial charge in [-0.05, 0) is 30.5 Å². The Hall–Kier alpha value is -1.52. The first kappa shape index (κ1) is 16.8. The van der Waals surface area contributed by atoms with Crippen LogP contribution in [0.15, 0.2) is 46.9 Å². The zero-order valence-corrected chi connectivity index (χ0v) is 13.8. The van der Waals surface area contributed by atoms with Crippen LogP contribution in [0, 0.1) is 5.82 Å². The van der Waals surface area contributed by atoms with Crippen molar-refractivity contribution in [3.05, 3.63) is 58.3 Å². The van der Waals surface area contributed by atoms with Gasteiger partial charge in [0.1, 0.15) is 5.82 Å². The van der Waals surface area contributed by atoms with E-state index in [-0.39, 0.29) is 18.2 Å². The van der Waals surface area contributed by atoms with Crippen LogP contribution in [-0.4, -0.2) is 17.5 Å². The summed E-state index contributed by atoms with van der Waals surface area (Å²) in [6.07, 6.45) is 2.84. The van der Waals surface area contributed by atoms with Crippen molar-refractivity contribution in [1.82, 2.24) is 0 Å². The predicted molar refractivity (Wildman–Crippen MR) is 89.4 cm³/mol. The summed E-state index contributed by atoms with van der Waals surface area (Å²) in [6.45, 7) is 0.168. The summed E-state index contributed by atoms with van der Waals surface area (Å²) in [5.41, 5.74) is 1.91. The summed E-state index contributed by atoms with van der Waals surface area (Å²) in [6, 6.07) is 12.0. The molecule has 0 spiro atoms. The van der Waals surface area contributed by atoms with E-state index in [1.165, 1.54) is 6.07 Å². The third-order valence-corrected chi connectivity index (χ3v) is 4.00. The van der Waals surface area contributed by atoms with Crippen LogP contribution in [0.3, 0.4) is 0 Å². The number of rotatable bonds is 7. The lowest BCUT2D eigenvalue weighted by molar-refractivity contribution is 0.0978. The first-order valence-electron chi connectivity index (χ1n) is 7.31. The molecule has 2 nitrogen and oxygen atoms in total. The van der Waals surface area contributed by atoms with Gasteiger partial charge in [-0.3, -0.25) is 4.79 Å². The third-order valence-electron chi connectivity index (χ3n) is 3.51. The number of hydrogen-bond donors (Lipinski definition) is 1. The summed E-state index contributed by atoms with van der Waals surface area (Å²) in [7, 11) is 0. The molecule has 0 aliphatic rings. The Morgan fingerprint density at radius 1 is 1.05 bits per heavy atom. The first-order chi connectivity index (χ1) is 10.6. The molecule has 0 bridgehead atoms. The molecule has 1 N–H and O–H groups in total. The monoisotopic (exact) mass is 364 g/mol. The minimum atomic E-state index is -0.294. The third kappa shape index (κ3) is 4.49. The van der Waals surface area contributed by atoms with E-state index >= 15 is 0 Å². The Morgan fingerprint density at radius 2 is 1.77 bits per heavy atom. The average molecular weight is 365 g/mol. The number of unbranched alkanes of at least 4 members (excludes halogenated alkanes) is 2. The normalized spacial score (nSPS) is 10.7. The molecule has 22 heavy (non-hydrogen) atoms. The van der Waals surface area contributed by atoms with Crippen LogP contribution in [0.25, 0.3) is 11.1 Å². The van der Waals surface area contributed by atoms with E-state index in [0.29, 0.717) is 22.0 Å². The van der Waals surface area contributed by atoms with E-state index in [9.17, 15) is 9.18 Å². The Balaban J connectivity index is 2.05. The molecule has 0 heterocycles. The summed E-state index contributed by atoms with van der Waals surface area (Å²) in [4.78, 5) is 12.0.